The molecule has 0 radical (unpaired) electrons. The number of H-pyrrole nitrogens is 1. The highest BCUT2D eigenvalue weighted by Crippen LogP contribution is 2.11. The first-order valence-electron chi connectivity index (χ1n) is 4.83. The van der Waals surface area contributed by atoms with Crippen LogP contribution in [-0.2, 0) is 6.54 Å². The Labute approximate surface area is 101 Å². The van der Waals surface area contributed by atoms with Gasteiger partial charge in [0.1, 0.15) is 10.8 Å². The minimum absolute atomic E-state index is 0.0512. The number of hydrogen-bond donors (Lipinski definition) is 2. The van der Waals surface area contributed by atoms with E-state index in [2.05, 4.69) is 4.98 Å². The van der Waals surface area contributed by atoms with Crippen LogP contribution in [0.15, 0.2) is 40.1 Å². The van der Waals surface area contributed by atoms with Gasteiger partial charge in [-0.2, -0.15) is 0 Å². The number of hydrogen-bond acceptors (Lipinski definition) is 3. The molecule has 0 amide bonds. The third kappa shape index (κ3) is 2.57. The summed E-state index contributed by atoms with van der Waals surface area (Å²) in [5.41, 5.74) is -0.415. The molecule has 0 aliphatic rings. The molecule has 0 saturated carbocycles. The van der Waals surface area contributed by atoms with Crippen LogP contribution in [0.1, 0.15) is 5.56 Å². The summed E-state index contributed by atoms with van der Waals surface area (Å²) in [5.74, 6) is 0.117. The fourth-order valence-electron chi connectivity index (χ4n) is 1.45. The largest absolute Gasteiger partial charge is 0.508 e. The number of phenols is 1. The number of rotatable bonds is 2. The molecule has 0 aliphatic carbocycles. The van der Waals surface area contributed by atoms with Crippen LogP contribution in [0.4, 0.5) is 0 Å². The number of halogens is 1. The highest BCUT2D eigenvalue weighted by molar-refractivity contribution is 6.30. The Morgan fingerprint density at radius 2 is 2.12 bits per heavy atom. The molecule has 5 nitrogen and oxygen atoms in total. The summed E-state index contributed by atoms with van der Waals surface area (Å²) >= 11 is 5.63. The molecule has 88 valence electrons. The maximum Gasteiger partial charge on any atom is 0.328 e. The topological polar surface area (TPSA) is 75.1 Å². The standard InChI is InChI=1S/C11H9ClN2O3/c12-9-6-14(11(17)13-10(9)16)5-7-2-1-3-8(15)4-7/h1-4,6,15H,5H2,(H,13,16,17). The molecule has 0 fully saturated rings. The molecule has 0 unspecified atom stereocenters. The van der Waals surface area contributed by atoms with Crippen molar-refractivity contribution >= 4 is 11.6 Å². The smallest absolute Gasteiger partial charge is 0.328 e. The number of nitrogens with zero attached hydrogens (tertiary/aromatic N) is 1. The number of aromatic hydroxyl groups is 1. The summed E-state index contributed by atoms with van der Waals surface area (Å²) < 4.78 is 1.26. The van der Waals surface area contributed by atoms with Crippen molar-refractivity contribution in [2.75, 3.05) is 0 Å². The van der Waals surface area contributed by atoms with Crippen LogP contribution in [0.3, 0.4) is 0 Å². The van der Waals surface area contributed by atoms with E-state index < -0.39 is 11.2 Å². The van der Waals surface area contributed by atoms with E-state index in [0.29, 0.717) is 0 Å². The number of benzene rings is 1. The minimum atomic E-state index is -0.608. The average Bonchev–Trinajstić information content (AvgIpc) is 2.26. The summed E-state index contributed by atoms with van der Waals surface area (Å²) in [5, 5.41) is 9.24. The quantitative estimate of drug-likeness (QED) is 0.835. The molecular weight excluding hydrogens is 244 g/mol. The number of nitrogens with one attached hydrogen (secondary N) is 1. The normalized spacial score (nSPS) is 10.4. The monoisotopic (exact) mass is 252 g/mol. The molecule has 0 saturated heterocycles. The van der Waals surface area contributed by atoms with E-state index in [4.69, 9.17) is 11.6 Å². The van der Waals surface area contributed by atoms with Crippen molar-refractivity contribution in [2.45, 2.75) is 6.54 Å². The van der Waals surface area contributed by atoms with E-state index in [0.717, 1.165) is 5.56 Å². The zero-order valence-electron chi connectivity index (χ0n) is 8.68. The van der Waals surface area contributed by atoms with Crippen LogP contribution in [0.25, 0.3) is 0 Å². The van der Waals surface area contributed by atoms with Crippen LogP contribution in [0.5, 0.6) is 5.75 Å². The summed E-state index contributed by atoms with van der Waals surface area (Å²) in [6.45, 7) is 0.226. The van der Waals surface area contributed by atoms with Gasteiger partial charge in [0.05, 0.1) is 6.54 Å². The fourth-order valence-corrected chi connectivity index (χ4v) is 1.62. The molecule has 6 heteroatoms. The van der Waals surface area contributed by atoms with Gasteiger partial charge in [0.15, 0.2) is 0 Å². The molecule has 2 aromatic rings. The summed E-state index contributed by atoms with van der Waals surface area (Å²) in [7, 11) is 0. The van der Waals surface area contributed by atoms with Gasteiger partial charge < -0.3 is 5.11 Å². The van der Waals surface area contributed by atoms with Crippen LogP contribution in [0, 0.1) is 0 Å². The number of phenolic OH excluding ortho intramolecular Hbond substituents is 1. The molecular formula is C11H9ClN2O3. The third-order valence-electron chi connectivity index (χ3n) is 2.23. The lowest BCUT2D eigenvalue weighted by molar-refractivity contribution is 0.474. The first-order chi connectivity index (χ1) is 8.06. The highest BCUT2D eigenvalue weighted by atomic mass is 35.5. The van der Waals surface area contributed by atoms with Crippen molar-refractivity contribution in [1.82, 2.24) is 9.55 Å². The zero-order chi connectivity index (χ0) is 12.4. The Morgan fingerprint density at radius 1 is 1.35 bits per heavy atom. The van der Waals surface area contributed by atoms with Crippen LogP contribution < -0.4 is 11.2 Å². The van der Waals surface area contributed by atoms with Crippen molar-refractivity contribution in [3.05, 3.63) is 61.9 Å². The molecule has 0 spiro atoms. The SMILES string of the molecule is O=c1[nH]c(=O)n(Cc2cccc(O)c2)cc1Cl. The molecule has 0 aliphatic heterocycles. The van der Waals surface area contributed by atoms with Gasteiger partial charge in [-0.05, 0) is 17.7 Å². The van der Waals surface area contributed by atoms with E-state index in [1.54, 1.807) is 12.1 Å². The summed E-state index contributed by atoms with van der Waals surface area (Å²) in [6, 6.07) is 6.49. The summed E-state index contributed by atoms with van der Waals surface area (Å²) in [4.78, 5) is 24.6. The third-order valence-corrected chi connectivity index (χ3v) is 2.50. The Morgan fingerprint density at radius 3 is 2.82 bits per heavy atom. The van der Waals surface area contributed by atoms with Crippen molar-refractivity contribution in [2.24, 2.45) is 0 Å². The molecule has 2 rings (SSSR count). The van der Waals surface area contributed by atoms with Crippen molar-refractivity contribution in [3.8, 4) is 5.75 Å². The first kappa shape index (κ1) is 11.5. The van der Waals surface area contributed by atoms with Crippen molar-refractivity contribution in [1.29, 1.82) is 0 Å². The zero-order valence-corrected chi connectivity index (χ0v) is 9.44. The number of aromatic nitrogens is 2. The van der Waals surface area contributed by atoms with E-state index >= 15 is 0 Å². The van der Waals surface area contributed by atoms with Crippen LogP contribution in [0.2, 0.25) is 5.02 Å². The maximum absolute atomic E-state index is 11.5. The lowest BCUT2D eigenvalue weighted by atomic mass is 10.2. The van der Waals surface area contributed by atoms with Crippen LogP contribution in [-0.4, -0.2) is 14.7 Å². The van der Waals surface area contributed by atoms with Crippen molar-refractivity contribution < 1.29 is 5.11 Å². The summed E-state index contributed by atoms with van der Waals surface area (Å²) in [6.07, 6.45) is 1.27. The predicted octanol–water partition coefficient (Wildman–Crippen LogP) is 0.944. The van der Waals surface area contributed by atoms with E-state index in [9.17, 15) is 14.7 Å². The molecule has 17 heavy (non-hydrogen) atoms. The molecule has 0 atom stereocenters. The second-order valence-electron chi connectivity index (χ2n) is 3.53. The van der Waals surface area contributed by atoms with Gasteiger partial charge in [-0.15, -0.1) is 0 Å². The van der Waals surface area contributed by atoms with Gasteiger partial charge >= 0.3 is 5.69 Å². The molecule has 1 aromatic heterocycles. The van der Waals surface area contributed by atoms with E-state index in [1.807, 2.05) is 0 Å². The molecule has 0 bridgehead atoms. The second kappa shape index (κ2) is 4.47. The Kier molecular flexibility index (Phi) is 3.01. The Hall–Kier alpha value is -2.01. The number of aromatic amines is 1. The molecule has 1 heterocycles. The fraction of sp³-hybridized carbons (Fsp3) is 0.0909. The van der Waals surface area contributed by atoms with Crippen LogP contribution >= 0.6 is 11.6 Å². The van der Waals surface area contributed by atoms with E-state index in [1.165, 1.54) is 22.9 Å². The average molecular weight is 253 g/mol. The minimum Gasteiger partial charge on any atom is -0.508 e. The van der Waals surface area contributed by atoms with Crippen molar-refractivity contribution in [3.63, 3.8) is 0 Å². The molecule has 2 N–H and O–H groups in total. The molecule has 1 aromatic carbocycles. The predicted molar refractivity (Wildman–Crippen MR) is 63.5 cm³/mol. The van der Waals surface area contributed by atoms with Gasteiger partial charge in [-0.25, -0.2) is 4.79 Å². The highest BCUT2D eigenvalue weighted by Gasteiger charge is 2.03. The van der Waals surface area contributed by atoms with Gasteiger partial charge in [0.25, 0.3) is 5.56 Å². The van der Waals surface area contributed by atoms with Gasteiger partial charge in [0.2, 0.25) is 0 Å². The van der Waals surface area contributed by atoms with E-state index in [-0.39, 0.29) is 17.3 Å². The van der Waals surface area contributed by atoms with Gasteiger partial charge in [-0.1, -0.05) is 23.7 Å². The lowest BCUT2D eigenvalue weighted by Crippen LogP contribution is -2.29. The Balaban J connectivity index is 2.40. The lowest BCUT2D eigenvalue weighted by Gasteiger charge is -2.05. The maximum atomic E-state index is 11.5. The first-order valence-corrected chi connectivity index (χ1v) is 5.21. The van der Waals surface area contributed by atoms with Gasteiger partial charge in [-0.3, -0.25) is 14.3 Å². The van der Waals surface area contributed by atoms with Gasteiger partial charge in [0, 0.05) is 6.20 Å². The Bertz CT molecular complexity index is 660. The second-order valence-corrected chi connectivity index (χ2v) is 3.94.